The molecule has 0 amide bonds. The molecule has 0 spiro atoms. The first kappa shape index (κ1) is 19.7. The second-order valence-corrected chi connectivity index (χ2v) is 6.54. The van der Waals surface area contributed by atoms with Crippen LogP contribution in [-0.4, -0.2) is 56.9 Å². The standard InChI is InChI=1S/C18H17N3O9/c22-10-4-2-1-3-9(10)16(23)27-8-6-11-13-14(30-18(25)29-13)15(28-11)21-7-5-12(20-26)19-17(21)24/h1-5,7,11,13-15,22,26H,6,8H2,(H,19,20,24)/t11-,13-,14-,15-/m1/s1. The number of aromatic hydroxyl groups is 1. The van der Waals surface area contributed by atoms with Crippen molar-refractivity contribution in [1.82, 2.24) is 9.55 Å². The monoisotopic (exact) mass is 419 g/mol. The largest absolute Gasteiger partial charge is 0.509 e. The predicted octanol–water partition coefficient (Wildman–Crippen LogP) is 0.798. The SMILES string of the molecule is O=C1O[C@@H]2[C@H](O1)[C@@H](CCOC(=O)c1ccccc1O)O[C@H]2n1ccc(NO)nc1=O. The number of fused-ring (bicyclic) bond motifs is 1. The number of carbonyl (C=O) groups is 2. The molecule has 30 heavy (non-hydrogen) atoms. The first-order chi connectivity index (χ1) is 14.5. The van der Waals surface area contributed by atoms with Crippen LogP contribution in [0, 0.1) is 0 Å². The van der Waals surface area contributed by atoms with Crippen LogP contribution in [0.5, 0.6) is 5.75 Å². The fourth-order valence-corrected chi connectivity index (χ4v) is 3.34. The van der Waals surface area contributed by atoms with Gasteiger partial charge in [-0.05, 0) is 18.2 Å². The quantitative estimate of drug-likeness (QED) is 0.449. The summed E-state index contributed by atoms with van der Waals surface area (Å²) in [7, 11) is 0. The Kier molecular flexibility index (Phi) is 5.25. The fourth-order valence-electron chi connectivity index (χ4n) is 3.34. The molecule has 0 saturated carbocycles. The number of ether oxygens (including phenoxy) is 4. The summed E-state index contributed by atoms with van der Waals surface area (Å²) in [5.74, 6) is -0.977. The van der Waals surface area contributed by atoms with Gasteiger partial charge in [0.05, 0.1) is 6.61 Å². The maximum atomic E-state index is 12.2. The van der Waals surface area contributed by atoms with Crippen LogP contribution in [-0.2, 0) is 18.9 Å². The van der Waals surface area contributed by atoms with Gasteiger partial charge in [-0.15, -0.1) is 0 Å². The maximum absolute atomic E-state index is 12.2. The Morgan fingerprint density at radius 1 is 1.20 bits per heavy atom. The van der Waals surface area contributed by atoms with Crippen molar-refractivity contribution in [3.8, 4) is 5.75 Å². The maximum Gasteiger partial charge on any atom is 0.509 e. The summed E-state index contributed by atoms with van der Waals surface area (Å²) in [6.07, 6.45) is -2.87. The van der Waals surface area contributed by atoms with Crippen LogP contribution in [0.3, 0.4) is 0 Å². The number of hydrogen-bond donors (Lipinski definition) is 3. The van der Waals surface area contributed by atoms with Gasteiger partial charge in [-0.2, -0.15) is 4.98 Å². The van der Waals surface area contributed by atoms with Crippen molar-refractivity contribution >= 4 is 17.9 Å². The molecule has 12 heteroatoms. The Morgan fingerprint density at radius 2 is 1.97 bits per heavy atom. The smallest absolute Gasteiger partial charge is 0.507 e. The predicted molar refractivity (Wildman–Crippen MR) is 96.0 cm³/mol. The molecule has 2 saturated heterocycles. The summed E-state index contributed by atoms with van der Waals surface area (Å²) in [4.78, 5) is 39.5. The van der Waals surface area contributed by atoms with E-state index < -0.39 is 42.4 Å². The molecule has 2 fully saturated rings. The summed E-state index contributed by atoms with van der Waals surface area (Å²) in [6, 6.07) is 7.29. The Bertz CT molecular complexity index is 1020. The zero-order chi connectivity index (χ0) is 21.3. The fraction of sp³-hybridized carbons (Fsp3) is 0.333. The number of carbonyl (C=O) groups excluding carboxylic acids is 2. The van der Waals surface area contributed by atoms with Crippen LogP contribution in [0.15, 0.2) is 41.3 Å². The van der Waals surface area contributed by atoms with Crippen molar-refractivity contribution < 1.29 is 38.9 Å². The van der Waals surface area contributed by atoms with Crippen molar-refractivity contribution in [2.75, 3.05) is 12.1 Å². The Balaban J connectivity index is 1.44. The normalized spacial score (nSPS) is 24.6. The molecule has 4 atom stereocenters. The van der Waals surface area contributed by atoms with Gasteiger partial charge in [0.1, 0.15) is 17.4 Å². The zero-order valence-electron chi connectivity index (χ0n) is 15.3. The van der Waals surface area contributed by atoms with Gasteiger partial charge in [0.15, 0.2) is 24.3 Å². The number of aromatic nitrogens is 2. The van der Waals surface area contributed by atoms with E-state index in [4.69, 9.17) is 24.2 Å². The second kappa shape index (κ2) is 8.00. The molecule has 0 unspecified atom stereocenters. The molecule has 2 aliphatic rings. The third kappa shape index (κ3) is 3.65. The Labute approximate surface area is 168 Å². The molecular formula is C18H17N3O9. The zero-order valence-corrected chi connectivity index (χ0v) is 15.3. The lowest BCUT2D eigenvalue weighted by Crippen LogP contribution is -2.34. The highest BCUT2D eigenvalue weighted by Crippen LogP contribution is 2.38. The van der Waals surface area contributed by atoms with Crippen LogP contribution in [0.1, 0.15) is 23.0 Å². The van der Waals surface area contributed by atoms with E-state index in [2.05, 4.69) is 4.98 Å². The molecule has 158 valence electrons. The molecule has 4 rings (SSSR count). The van der Waals surface area contributed by atoms with E-state index in [9.17, 15) is 19.5 Å². The highest BCUT2D eigenvalue weighted by molar-refractivity contribution is 5.92. The summed E-state index contributed by atoms with van der Waals surface area (Å²) in [5, 5.41) is 18.6. The van der Waals surface area contributed by atoms with Crippen LogP contribution in [0.25, 0.3) is 0 Å². The molecule has 3 heterocycles. The van der Waals surface area contributed by atoms with Gasteiger partial charge >= 0.3 is 17.8 Å². The van der Waals surface area contributed by atoms with Crippen molar-refractivity contribution in [2.45, 2.75) is 31.0 Å². The van der Waals surface area contributed by atoms with E-state index in [0.717, 1.165) is 4.57 Å². The minimum absolute atomic E-state index is 0.0198. The van der Waals surface area contributed by atoms with E-state index >= 15 is 0 Å². The highest BCUT2D eigenvalue weighted by Gasteiger charge is 2.55. The number of nitrogens with one attached hydrogen (secondary N) is 1. The van der Waals surface area contributed by atoms with Gasteiger partial charge in [-0.1, -0.05) is 12.1 Å². The number of benzene rings is 1. The van der Waals surface area contributed by atoms with Crippen LogP contribution >= 0.6 is 0 Å². The lowest BCUT2D eigenvalue weighted by atomic mass is 10.1. The summed E-state index contributed by atoms with van der Waals surface area (Å²) in [5.41, 5.74) is 1.04. The topological polar surface area (TPSA) is 158 Å². The number of rotatable bonds is 6. The minimum Gasteiger partial charge on any atom is -0.507 e. The number of esters is 1. The summed E-state index contributed by atoms with van der Waals surface area (Å²) >= 11 is 0. The van der Waals surface area contributed by atoms with Gasteiger partial charge in [0, 0.05) is 12.6 Å². The molecule has 0 radical (unpaired) electrons. The number of nitrogens with zero attached hydrogens (tertiary/aromatic N) is 2. The molecule has 2 aliphatic heterocycles. The molecule has 12 nitrogen and oxygen atoms in total. The van der Waals surface area contributed by atoms with E-state index in [0.29, 0.717) is 0 Å². The van der Waals surface area contributed by atoms with Gasteiger partial charge in [-0.3, -0.25) is 15.3 Å². The molecule has 1 aromatic heterocycles. The van der Waals surface area contributed by atoms with E-state index in [1.165, 1.54) is 24.4 Å². The van der Waals surface area contributed by atoms with Crippen molar-refractivity contribution in [3.63, 3.8) is 0 Å². The van der Waals surface area contributed by atoms with Crippen LogP contribution in [0.2, 0.25) is 0 Å². The summed E-state index contributed by atoms with van der Waals surface area (Å²) in [6.45, 7) is -0.0914. The number of anilines is 1. The highest BCUT2D eigenvalue weighted by atomic mass is 16.8. The van der Waals surface area contributed by atoms with Crippen LogP contribution < -0.4 is 11.2 Å². The van der Waals surface area contributed by atoms with Crippen molar-refractivity contribution in [1.29, 1.82) is 0 Å². The van der Waals surface area contributed by atoms with E-state index in [1.54, 1.807) is 17.6 Å². The third-order valence-electron chi connectivity index (χ3n) is 4.73. The van der Waals surface area contributed by atoms with E-state index in [-0.39, 0.29) is 30.2 Å². The third-order valence-corrected chi connectivity index (χ3v) is 4.73. The van der Waals surface area contributed by atoms with Crippen molar-refractivity contribution in [2.24, 2.45) is 0 Å². The van der Waals surface area contributed by atoms with Gasteiger partial charge in [0.25, 0.3) is 0 Å². The molecule has 2 aromatic rings. The van der Waals surface area contributed by atoms with E-state index in [1.807, 2.05) is 0 Å². The first-order valence-corrected chi connectivity index (χ1v) is 8.95. The molecular weight excluding hydrogens is 402 g/mol. The first-order valence-electron chi connectivity index (χ1n) is 8.95. The Hall–Kier alpha value is -3.64. The average Bonchev–Trinajstić information content (AvgIpc) is 3.26. The minimum atomic E-state index is -1.01. The van der Waals surface area contributed by atoms with Crippen LogP contribution in [0.4, 0.5) is 10.6 Å². The van der Waals surface area contributed by atoms with Gasteiger partial charge in [0.2, 0.25) is 0 Å². The molecule has 0 aliphatic carbocycles. The number of phenolic OH excluding ortho intramolecular Hbond substituents is 1. The van der Waals surface area contributed by atoms with Crippen molar-refractivity contribution in [3.05, 3.63) is 52.6 Å². The number of para-hydroxylation sites is 1. The number of hydrogen-bond acceptors (Lipinski definition) is 11. The molecule has 1 aromatic carbocycles. The summed E-state index contributed by atoms with van der Waals surface area (Å²) < 4.78 is 22.4. The Morgan fingerprint density at radius 3 is 2.70 bits per heavy atom. The molecule has 0 bridgehead atoms. The average molecular weight is 419 g/mol. The number of phenols is 1. The lowest BCUT2D eigenvalue weighted by Gasteiger charge is -2.18. The lowest BCUT2D eigenvalue weighted by molar-refractivity contribution is -0.0651. The van der Waals surface area contributed by atoms with Gasteiger partial charge in [-0.25, -0.2) is 14.4 Å². The molecule has 3 N–H and O–H groups in total. The second-order valence-electron chi connectivity index (χ2n) is 6.54. The van der Waals surface area contributed by atoms with Gasteiger partial charge < -0.3 is 24.1 Å².